The summed E-state index contributed by atoms with van der Waals surface area (Å²) in [5, 5.41) is 9.46. The molecule has 0 saturated carbocycles. The summed E-state index contributed by atoms with van der Waals surface area (Å²) in [5.74, 6) is -0.355. The average Bonchev–Trinajstić information content (AvgIpc) is 3.47. The van der Waals surface area contributed by atoms with Crippen LogP contribution in [0, 0.1) is 0 Å². The number of halogens is 2. The van der Waals surface area contributed by atoms with Crippen LogP contribution >= 0.6 is 11.8 Å². The Bertz CT molecular complexity index is 1440. The van der Waals surface area contributed by atoms with E-state index in [2.05, 4.69) is 25.7 Å². The summed E-state index contributed by atoms with van der Waals surface area (Å²) in [5.41, 5.74) is 5.17. The van der Waals surface area contributed by atoms with Crippen molar-refractivity contribution in [2.45, 2.75) is 34.9 Å². The van der Waals surface area contributed by atoms with Crippen LogP contribution in [0.4, 0.5) is 8.78 Å². The molecule has 4 aliphatic rings. The third-order valence-corrected chi connectivity index (χ3v) is 8.62. The molecule has 1 aromatic carbocycles. The number of benzene rings is 1. The maximum atomic E-state index is 13.4. The molecule has 0 aliphatic carbocycles. The van der Waals surface area contributed by atoms with E-state index in [1.54, 1.807) is 42.4 Å². The minimum Gasteiger partial charge on any atom is -0.434 e. The van der Waals surface area contributed by atoms with Crippen LogP contribution in [0.25, 0.3) is 5.65 Å². The molecule has 7 rings (SSSR count). The van der Waals surface area contributed by atoms with E-state index in [1.807, 2.05) is 17.3 Å². The monoisotopic (exact) mass is 571 g/mol. The van der Waals surface area contributed by atoms with Crippen LogP contribution in [-0.2, 0) is 9.47 Å². The highest BCUT2D eigenvalue weighted by atomic mass is 32.2. The quantitative estimate of drug-likeness (QED) is 0.397. The number of fused-ring (bicyclic) bond motifs is 1. The molecule has 1 amide bonds. The molecule has 14 heteroatoms. The lowest BCUT2D eigenvalue weighted by molar-refractivity contribution is -0.109. The number of rotatable bonds is 9. The Hall–Kier alpha value is -3.30. The fourth-order valence-corrected chi connectivity index (χ4v) is 6.17. The Morgan fingerprint density at radius 1 is 1.18 bits per heavy atom. The lowest BCUT2D eigenvalue weighted by atomic mass is 10.0. The lowest BCUT2D eigenvalue weighted by Gasteiger charge is -2.50. The minimum absolute atomic E-state index is 0.0446. The van der Waals surface area contributed by atoms with Crippen LogP contribution in [0.1, 0.15) is 22.0 Å². The van der Waals surface area contributed by atoms with Crippen LogP contribution in [0.2, 0.25) is 0 Å². The molecule has 4 aliphatic heterocycles. The molecule has 1 atom stereocenters. The zero-order chi connectivity index (χ0) is 27.2. The van der Waals surface area contributed by atoms with Gasteiger partial charge in [-0.05, 0) is 24.3 Å². The minimum atomic E-state index is -2.99. The standard InChI is InChI=1S/C26H27F2N7O4S/c27-26(28)39-22-3-2-17(40-18-13-38-14-18)6-19(22)23-21(10-35(32-23)15-8-33(9-15)16-11-37-12-16)31-25(36)20-7-30-34-5-1-4-29-24(20)34/h1-7,10,15-16,18,23,26,32H,8-9,11-14H2,(H,31,36). The lowest BCUT2D eigenvalue weighted by Crippen LogP contribution is -2.66. The molecule has 0 radical (unpaired) electrons. The second-order valence-electron chi connectivity index (χ2n) is 10.1. The first-order valence-corrected chi connectivity index (χ1v) is 13.9. The molecule has 210 valence electrons. The zero-order valence-electron chi connectivity index (χ0n) is 21.3. The van der Waals surface area contributed by atoms with Gasteiger partial charge in [0.2, 0.25) is 0 Å². The third kappa shape index (κ3) is 4.90. The number of hydrogen-bond acceptors (Lipinski definition) is 10. The van der Waals surface area contributed by atoms with Crippen molar-refractivity contribution >= 4 is 23.3 Å². The summed E-state index contributed by atoms with van der Waals surface area (Å²) in [7, 11) is 0. The molecule has 2 N–H and O–H groups in total. The molecular weight excluding hydrogens is 544 g/mol. The molecule has 1 unspecified atom stereocenters. The predicted molar refractivity (Wildman–Crippen MR) is 140 cm³/mol. The van der Waals surface area contributed by atoms with Gasteiger partial charge in [-0.2, -0.15) is 13.9 Å². The smallest absolute Gasteiger partial charge is 0.387 e. The highest BCUT2D eigenvalue weighted by molar-refractivity contribution is 8.00. The molecular formula is C26H27F2N7O4S. The molecule has 40 heavy (non-hydrogen) atoms. The summed E-state index contributed by atoms with van der Waals surface area (Å²) in [6, 6.07) is 6.83. The van der Waals surface area contributed by atoms with Gasteiger partial charge in [-0.1, -0.05) is 0 Å². The predicted octanol–water partition coefficient (Wildman–Crippen LogP) is 2.04. The molecule has 3 fully saturated rings. The fourth-order valence-electron chi connectivity index (χ4n) is 5.12. The second-order valence-corrected chi connectivity index (χ2v) is 11.5. The van der Waals surface area contributed by atoms with Gasteiger partial charge in [-0.3, -0.25) is 9.69 Å². The molecule has 2 aromatic heterocycles. The molecule has 11 nitrogen and oxygen atoms in total. The molecule has 3 aromatic rings. The number of amides is 1. The van der Waals surface area contributed by atoms with Crippen molar-refractivity contribution in [3.63, 3.8) is 0 Å². The van der Waals surface area contributed by atoms with Crippen molar-refractivity contribution in [1.29, 1.82) is 0 Å². The van der Waals surface area contributed by atoms with Crippen molar-refractivity contribution < 1.29 is 27.8 Å². The number of nitrogens with zero attached hydrogens (tertiary/aromatic N) is 5. The van der Waals surface area contributed by atoms with Gasteiger partial charge in [-0.15, -0.1) is 11.8 Å². The van der Waals surface area contributed by atoms with Crippen LogP contribution in [0.5, 0.6) is 5.75 Å². The van der Waals surface area contributed by atoms with Crippen LogP contribution in [-0.4, -0.2) is 93.9 Å². The Morgan fingerprint density at radius 2 is 2.00 bits per heavy atom. The Kier molecular flexibility index (Phi) is 6.79. The van der Waals surface area contributed by atoms with Crippen LogP contribution < -0.4 is 15.5 Å². The van der Waals surface area contributed by atoms with E-state index >= 15 is 0 Å². The maximum Gasteiger partial charge on any atom is 0.387 e. The number of thioether (sulfide) groups is 1. The van der Waals surface area contributed by atoms with Gasteiger partial charge in [0, 0.05) is 42.1 Å². The van der Waals surface area contributed by atoms with Crippen LogP contribution in [0.3, 0.4) is 0 Å². The fraction of sp³-hybridized carbons (Fsp3) is 0.423. The van der Waals surface area contributed by atoms with E-state index in [0.717, 1.165) is 31.2 Å². The van der Waals surface area contributed by atoms with Gasteiger partial charge < -0.3 is 24.5 Å². The number of hydrogen-bond donors (Lipinski definition) is 2. The first-order valence-electron chi connectivity index (χ1n) is 13.0. The summed E-state index contributed by atoms with van der Waals surface area (Å²) in [6.07, 6.45) is 6.60. The number of carbonyl (C=O) groups excluding carboxylic acids is 1. The van der Waals surface area contributed by atoms with E-state index in [4.69, 9.17) is 14.2 Å². The van der Waals surface area contributed by atoms with Crippen molar-refractivity contribution in [2.24, 2.45) is 0 Å². The number of likely N-dealkylation sites (tertiary alicyclic amines) is 1. The van der Waals surface area contributed by atoms with Gasteiger partial charge in [0.1, 0.15) is 11.3 Å². The Balaban J connectivity index is 1.19. The van der Waals surface area contributed by atoms with Crippen molar-refractivity contribution in [1.82, 2.24) is 35.2 Å². The first-order chi connectivity index (χ1) is 19.5. The van der Waals surface area contributed by atoms with E-state index < -0.39 is 18.6 Å². The number of alkyl halides is 2. The topological polar surface area (TPSA) is 105 Å². The largest absolute Gasteiger partial charge is 0.434 e. The van der Waals surface area contributed by atoms with Crippen LogP contribution in [0.15, 0.2) is 59.6 Å². The van der Waals surface area contributed by atoms with Crippen molar-refractivity contribution in [3.8, 4) is 5.75 Å². The number of aromatic nitrogens is 3. The average molecular weight is 572 g/mol. The summed E-state index contributed by atoms with van der Waals surface area (Å²) >= 11 is 1.63. The summed E-state index contributed by atoms with van der Waals surface area (Å²) in [4.78, 5) is 21.0. The number of ether oxygens (including phenoxy) is 3. The van der Waals surface area contributed by atoms with Gasteiger partial charge in [-0.25, -0.2) is 14.9 Å². The number of nitrogens with one attached hydrogen (secondary N) is 2. The molecule has 0 spiro atoms. The number of hydrazine groups is 1. The Labute approximate surface area is 232 Å². The summed E-state index contributed by atoms with van der Waals surface area (Å²) < 4.78 is 43.9. The summed E-state index contributed by atoms with van der Waals surface area (Å²) in [6.45, 7) is 1.40. The van der Waals surface area contributed by atoms with E-state index in [-0.39, 0.29) is 11.8 Å². The number of carbonyl (C=O) groups is 1. The molecule has 0 bridgehead atoms. The third-order valence-electron chi connectivity index (χ3n) is 7.49. The maximum absolute atomic E-state index is 13.4. The highest BCUT2D eigenvalue weighted by Gasteiger charge is 2.42. The van der Waals surface area contributed by atoms with Gasteiger partial charge >= 0.3 is 6.61 Å². The molecule has 3 saturated heterocycles. The van der Waals surface area contributed by atoms with Gasteiger partial charge in [0.15, 0.2) is 5.65 Å². The first kappa shape index (κ1) is 25.7. The van der Waals surface area contributed by atoms with E-state index in [9.17, 15) is 13.6 Å². The van der Waals surface area contributed by atoms with Gasteiger partial charge in [0.05, 0.1) is 61.7 Å². The second kappa shape index (κ2) is 10.6. The SMILES string of the molecule is O=C(NC1=CN(C2CN(C3COC3)C2)NC1c1cc(SC2COC2)ccc1OC(F)F)c1cnn2cccnc12. The van der Waals surface area contributed by atoms with E-state index in [0.29, 0.717) is 47.0 Å². The van der Waals surface area contributed by atoms with E-state index in [1.165, 1.54) is 10.7 Å². The van der Waals surface area contributed by atoms with Gasteiger partial charge in [0.25, 0.3) is 5.91 Å². The van der Waals surface area contributed by atoms with Crippen molar-refractivity contribution in [3.05, 3.63) is 65.9 Å². The highest BCUT2D eigenvalue weighted by Crippen LogP contribution is 2.39. The zero-order valence-corrected chi connectivity index (χ0v) is 22.1. The Morgan fingerprint density at radius 3 is 2.73 bits per heavy atom. The normalized spacial score (nSPS) is 22.2. The molecule has 6 heterocycles. The van der Waals surface area contributed by atoms with Crippen molar-refractivity contribution in [2.75, 3.05) is 39.5 Å².